The van der Waals surface area contributed by atoms with Crippen LogP contribution < -0.4 is 5.32 Å². The average molecular weight is 191 g/mol. The number of anilines is 1. The normalized spacial score (nSPS) is 8.79. The van der Waals surface area contributed by atoms with Crippen LogP contribution in [-0.2, 0) is 9.59 Å². The molecular weight excluding hydrogens is 186 g/mol. The number of carboxylic acid groups (broad SMARTS) is 1. The van der Waals surface area contributed by atoms with Gasteiger partial charge in [-0.1, -0.05) is 0 Å². The lowest BCUT2D eigenvalue weighted by molar-refractivity contribution is -0.147. The number of nitrogens with zero attached hydrogens (tertiary/aromatic N) is 2. The zero-order valence-electron chi connectivity index (χ0n) is 6.89. The molecule has 1 rings (SSSR count). The Morgan fingerprint density at radius 3 is 2.86 bits per heavy atom. The van der Waals surface area contributed by atoms with Crippen molar-refractivity contribution >= 4 is 17.6 Å². The smallest absolute Gasteiger partial charge is 0.394 e. The van der Waals surface area contributed by atoms with Gasteiger partial charge in [-0.25, -0.2) is 9.78 Å². The van der Waals surface area contributed by atoms with E-state index in [4.69, 9.17) is 10.4 Å². The molecule has 14 heavy (non-hydrogen) atoms. The highest BCUT2D eigenvalue weighted by Crippen LogP contribution is 2.06. The number of nitrogens with one attached hydrogen (secondary N) is 1. The second-order valence-corrected chi connectivity index (χ2v) is 2.30. The zero-order chi connectivity index (χ0) is 10.6. The standard InChI is InChI=1S/C8H5N3O3/c9-4-6-3-5(1-2-10-6)11-7(12)8(13)14/h1-3H,(H,13,14)(H,10,11,12). The molecular formula is C8H5N3O3. The summed E-state index contributed by atoms with van der Waals surface area (Å²) >= 11 is 0. The molecule has 0 fully saturated rings. The van der Waals surface area contributed by atoms with E-state index in [2.05, 4.69) is 10.3 Å². The van der Waals surface area contributed by atoms with Gasteiger partial charge < -0.3 is 10.4 Å². The number of hydrogen-bond acceptors (Lipinski definition) is 4. The maximum Gasteiger partial charge on any atom is 0.394 e. The van der Waals surface area contributed by atoms with Crippen molar-refractivity contribution in [3.8, 4) is 6.07 Å². The molecule has 1 amide bonds. The van der Waals surface area contributed by atoms with E-state index in [1.54, 1.807) is 6.07 Å². The maximum atomic E-state index is 10.7. The highest BCUT2D eigenvalue weighted by atomic mass is 16.4. The van der Waals surface area contributed by atoms with E-state index < -0.39 is 11.9 Å². The number of amides is 1. The highest BCUT2D eigenvalue weighted by molar-refractivity contribution is 6.36. The minimum Gasteiger partial charge on any atom is -0.474 e. The van der Waals surface area contributed by atoms with E-state index in [0.717, 1.165) is 0 Å². The van der Waals surface area contributed by atoms with Crippen molar-refractivity contribution in [1.29, 1.82) is 5.26 Å². The summed E-state index contributed by atoms with van der Waals surface area (Å²) < 4.78 is 0. The van der Waals surface area contributed by atoms with Gasteiger partial charge in [0.2, 0.25) is 0 Å². The predicted octanol–water partition coefficient (Wildman–Crippen LogP) is -0.0236. The van der Waals surface area contributed by atoms with Gasteiger partial charge in [-0.2, -0.15) is 5.26 Å². The van der Waals surface area contributed by atoms with Crippen molar-refractivity contribution in [2.24, 2.45) is 0 Å². The van der Waals surface area contributed by atoms with Crippen LogP contribution in [-0.4, -0.2) is 22.0 Å². The molecule has 0 aromatic carbocycles. The molecule has 0 aliphatic carbocycles. The van der Waals surface area contributed by atoms with Crippen LogP contribution in [0.2, 0.25) is 0 Å². The maximum absolute atomic E-state index is 10.7. The van der Waals surface area contributed by atoms with Gasteiger partial charge in [-0.05, 0) is 12.1 Å². The van der Waals surface area contributed by atoms with E-state index in [-0.39, 0.29) is 11.4 Å². The molecule has 0 saturated heterocycles. The fraction of sp³-hybridized carbons (Fsp3) is 0. The second-order valence-electron chi connectivity index (χ2n) is 2.30. The molecule has 6 heteroatoms. The Labute approximate surface area is 78.8 Å². The van der Waals surface area contributed by atoms with Crippen LogP contribution in [0.1, 0.15) is 5.69 Å². The molecule has 1 aromatic rings. The molecule has 0 spiro atoms. The third kappa shape index (κ3) is 2.28. The molecule has 0 unspecified atom stereocenters. The number of rotatable bonds is 1. The van der Waals surface area contributed by atoms with Crippen molar-refractivity contribution in [3.05, 3.63) is 24.0 Å². The third-order valence-corrected chi connectivity index (χ3v) is 1.33. The molecule has 0 aliphatic heterocycles. The third-order valence-electron chi connectivity index (χ3n) is 1.33. The molecule has 0 bridgehead atoms. The van der Waals surface area contributed by atoms with Gasteiger partial charge in [0.1, 0.15) is 11.8 Å². The Hall–Kier alpha value is -2.42. The summed E-state index contributed by atoms with van der Waals surface area (Å²) in [6.07, 6.45) is 1.30. The highest BCUT2D eigenvalue weighted by Gasteiger charge is 2.10. The molecule has 0 aliphatic rings. The Kier molecular flexibility index (Phi) is 2.76. The van der Waals surface area contributed by atoms with Crippen molar-refractivity contribution < 1.29 is 14.7 Å². The summed E-state index contributed by atoms with van der Waals surface area (Å²) in [7, 11) is 0. The van der Waals surface area contributed by atoms with Crippen molar-refractivity contribution in [2.45, 2.75) is 0 Å². The summed E-state index contributed by atoms with van der Waals surface area (Å²) in [6.45, 7) is 0. The van der Waals surface area contributed by atoms with E-state index in [9.17, 15) is 9.59 Å². The number of aromatic nitrogens is 1. The SMILES string of the molecule is N#Cc1cc(NC(=O)C(=O)O)ccn1. The molecule has 6 nitrogen and oxygen atoms in total. The molecule has 1 heterocycles. The first-order valence-corrected chi connectivity index (χ1v) is 3.54. The minimum atomic E-state index is -1.58. The molecule has 0 saturated carbocycles. The van der Waals surface area contributed by atoms with Gasteiger partial charge in [0.15, 0.2) is 0 Å². The molecule has 0 atom stereocenters. The lowest BCUT2D eigenvalue weighted by Crippen LogP contribution is -2.21. The summed E-state index contributed by atoms with van der Waals surface area (Å²) in [5, 5.41) is 18.8. The monoisotopic (exact) mass is 191 g/mol. The van der Waals surface area contributed by atoms with E-state index in [0.29, 0.717) is 0 Å². The van der Waals surface area contributed by atoms with Crippen molar-refractivity contribution in [3.63, 3.8) is 0 Å². The van der Waals surface area contributed by atoms with Crippen LogP contribution in [0.5, 0.6) is 0 Å². The van der Waals surface area contributed by atoms with Crippen molar-refractivity contribution in [1.82, 2.24) is 4.98 Å². The summed E-state index contributed by atoms with van der Waals surface area (Å²) in [4.78, 5) is 24.5. The first kappa shape index (κ1) is 9.67. The van der Waals surface area contributed by atoms with Gasteiger partial charge in [-0.3, -0.25) is 4.79 Å². The average Bonchev–Trinajstić information content (AvgIpc) is 2.18. The summed E-state index contributed by atoms with van der Waals surface area (Å²) in [5.74, 6) is -2.74. The van der Waals surface area contributed by atoms with Gasteiger partial charge >= 0.3 is 11.9 Å². The minimum absolute atomic E-state index is 0.105. The second kappa shape index (κ2) is 4.00. The van der Waals surface area contributed by atoms with Crippen LogP contribution in [0, 0.1) is 11.3 Å². The predicted molar refractivity (Wildman–Crippen MR) is 45.2 cm³/mol. The topological polar surface area (TPSA) is 103 Å². The van der Waals surface area contributed by atoms with Crippen LogP contribution >= 0.6 is 0 Å². The Balaban J connectivity index is 2.83. The first-order valence-electron chi connectivity index (χ1n) is 3.54. The largest absolute Gasteiger partial charge is 0.474 e. The lowest BCUT2D eigenvalue weighted by Gasteiger charge is -2.00. The van der Waals surface area contributed by atoms with Gasteiger partial charge in [0.25, 0.3) is 0 Å². The fourth-order valence-corrected chi connectivity index (χ4v) is 0.754. The number of carbonyl (C=O) groups is 2. The Morgan fingerprint density at radius 2 is 2.29 bits per heavy atom. The van der Waals surface area contributed by atoms with Crippen molar-refractivity contribution in [2.75, 3.05) is 5.32 Å². The Bertz CT molecular complexity index is 422. The van der Waals surface area contributed by atoms with E-state index in [1.165, 1.54) is 18.3 Å². The number of pyridine rings is 1. The van der Waals surface area contributed by atoms with Gasteiger partial charge in [0, 0.05) is 11.9 Å². The van der Waals surface area contributed by atoms with E-state index in [1.807, 2.05) is 0 Å². The van der Waals surface area contributed by atoms with Gasteiger partial charge in [0.05, 0.1) is 0 Å². The summed E-state index contributed by atoms with van der Waals surface area (Å²) in [5.41, 5.74) is 0.331. The molecule has 2 N–H and O–H groups in total. The number of hydrogen-bond donors (Lipinski definition) is 2. The fourth-order valence-electron chi connectivity index (χ4n) is 0.754. The van der Waals surface area contributed by atoms with E-state index >= 15 is 0 Å². The van der Waals surface area contributed by atoms with Gasteiger partial charge in [-0.15, -0.1) is 0 Å². The van der Waals surface area contributed by atoms with Crippen LogP contribution in [0.3, 0.4) is 0 Å². The molecule has 0 radical (unpaired) electrons. The number of carboxylic acids is 1. The quantitative estimate of drug-likeness (QED) is 0.607. The first-order chi connectivity index (χ1) is 6.63. The van der Waals surface area contributed by atoms with Crippen LogP contribution in [0.4, 0.5) is 5.69 Å². The summed E-state index contributed by atoms with van der Waals surface area (Å²) in [6, 6.07) is 4.43. The number of aliphatic carboxylic acids is 1. The molecule has 70 valence electrons. The van der Waals surface area contributed by atoms with Crippen LogP contribution in [0.25, 0.3) is 0 Å². The lowest BCUT2D eigenvalue weighted by atomic mass is 10.3. The number of nitriles is 1. The number of carbonyl (C=O) groups excluding carboxylic acids is 1. The van der Waals surface area contributed by atoms with Crippen LogP contribution in [0.15, 0.2) is 18.3 Å². The zero-order valence-corrected chi connectivity index (χ0v) is 6.89. The Morgan fingerprint density at radius 1 is 1.57 bits per heavy atom. The molecule has 1 aromatic heterocycles.